The van der Waals surface area contributed by atoms with Crippen molar-refractivity contribution < 1.29 is 9.53 Å². The number of rotatable bonds is 2. The molecule has 0 unspecified atom stereocenters. The number of ether oxygens (including phenoxy) is 1. The number of carbonyl (C=O) groups excluding carboxylic acids is 1. The molecule has 0 saturated heterocycles. The number of nitrogens with zero attached hydrogens (tertiary/aromatic N) is 2. The van der Waals surface area contributed by atoms with Crippen LogP contribution in [0.5, 0.6) is 0 Å². The molecule has 0 bridgehead atoms. The van der Waals surface area contributed by atoms with Crippen LogP contribution in [0.4, 0.5) is 0 Å². The van der Waals surface area contributed by atoms with E-state index in [0.717, 1.165) is 5.56 Å². The molecule has 0 radical (unpaired) electrons. The molecule has 0 amide bonds. The van der Waals surface area contributed by atoms with Crippen LogP contribution in [0.1, 0.15) is 10.5 Å². The molecular formula is C12H10N2O2. The Bertz CT molecular complexity index is 497. The fourth-order valence-electron chi connectivity index (χ4n) is 1.33. The summed E-state index contributed by atoms with van der Waals surface area (Å²) in [6.45, 7) is 0. The lowest BCUT2D eigenvalue weighted by Crippen LogP contribution is -2.04. The normalized spacial score (nSPS) is 9.81. The van der Waals surface area contributed by atoms with E-state index < -0.39 is 5.97 Å². The van der Waals surface area contributed by atoms with E-state index in [0.29, 0.717) is 11.4 Å². The zero-order valence-corrected chi connectivity index (χ0v) is 8.75. The summed E-state index contributed by atoms with van der Waals surface area (Å²) in [5.74, 6) is -0.439. The van der Waals surface area contributed by atoms with Crippen molar-refractivity contribution in [1.29, 1.82) is 0 Å². The van der Waals surface area contributed by atoms with Gasteiger partial charge in [0, 0.05) is 18.0 Å². The Morgan fingerprint density at radius 1 is 1.25 bits per heavy atom. The van der Waals surface area contributed by atoms with Crippen LogP contribution >= 0.6 is 0 Å². The van der Waals surface area contributed by atoms with Crippen LogP contribution in [-0.2, 0) is 4.74 Å². The maximum absolute atomic E-state index is 11.3. The van der Waals surface area contributed by atoms with E-state index in [1.807, 2.05) is 18.2 Å². The molecular weight excluding hydrogens is 204 g/mol. The number of carbonyl (C=O) groups is 1. The van der Waals surface area contributed by atoms with E-state index >= 15 is 0 Å². The smallest absolute Gasteiger partial charge is 0.356 e. The molecule has 0 aliphatic carbocycles. The summed E-state index contributed by atoms with van der Waals surface area (Å²) in [5.41, 5.74) is 1.87. The maximum Gasteiger partial charge on any atom is 0.356 e. The largest absolute Gasteiger partial charge is 0.464 e. The summed E-state index contributed by atoms with van der Waals surface area (Å²) in [4.78, 5) is 19.5. The Morgan fingerprint density at radius 3 is 2.81 bits per heavy atom. The second-order valence-electron chi connectivity index (χ2n) is 3.14. The Morgan fingerprint density at radius 2 is 2.12 bits per heavy atom. The maximum atomic E-state index is 11.3. The summed E-state index contributed by atoms with van der Waals surface area (Å²) in [6.07, 6.45) is 3.39. The van der Waals surface area contributed by atoms with Crippen LogP contribution < -0.4 is 0 Å². The lowest BCUT2D eigenvalue weighted by Gasteiger charge is -2.02. The van der Waals surface area contributed by atoms with Crippen molar-refractivity contribution in [3.05, 3.63) is 48.4 Å². The molecule has 2 aromatic heterocycles. The van der Waals surface area contributed by atoms with Crippen molar-refractivity contribution in [2.45, 2.75) is 0 Å². The van der Waals surface area contributed by atoms with Gasteiger partial charge in [0.25, 0.3) is 0 Å². The van der Waals surface area contributed by atoms with Crippen LogP contribution in [0.25, 0.3) is 11.3 Å². The van der Waals surface area contributed by atoms with Gasteiger partial charge in [-0.1, -0.05) is 6.07 Å². The fraction of sp³-hybridized carbons (Fsp3) is 0.0833. The first kappa shape index (κ1) is 10.3. The van der Waals surface area contributed by atoms with Crippen molar-refractivity contribution >= 4 is 5.97 Å². The van der Waals surface area contributed by atoms with Crippen LogP contribution in [0.2, 0.25) is 0 Å². The summed E-state index contributed by atoms with van der Waals surface area (Å²) in [5, 5.41) is 0. The third-order valence-electron chi connectivity index (χ3n) is 2.10. The Hall–Kier alpha value is -2.23. The summed E-state index contributed by atoms with van der Waals surface area (Å²) in [7, 11) is 1.33. The lowest BCUT2D eigenvalue weighted by molar-refractivity contribution is 0.0594. The van der Waals surface area contributed by atoms with E-state index in [1.165, 1.54) is 7.11 Å². The number of aromatic nitrogens is 2. The predicted octanol–water partition coefficient (Wildman–Crippen LogP) is 1.93. The van der Waals surface area contributed by atoms with E-state index in [1.54, 1.807) is 24.5 Å². The number of pyridine rings is 2. The first-order valence-corrected chi connectivity index (χ1v) is 4.77. The molecule has 4 nitrogen and oxygen atoms in total. The van der Waals surface area contributed by atoms with Gasteiger partial charge in [0.05, 0.1) is 12.8 Å². The Balaban J connectivity index is 2.40. The Labute approximate surface area is 92.9 Å². The third-order valence-corrected chi connectivity index (χ3v) is 2.10. The lowest BCUT2D eigenvalue weighted by atomic mass is 10.2. The van der Waals surface area contributed by atoms with Gasteiger partial charge < -0.3 is 4.74 Å². The van der Waals surface area contributed by atoms with Crippen LogP contribution in [0.15, 0.2) is 42.7 Å². The predicted molar refractivity (Wildman–Crippen MR) is 58.8 cm³/mol. The molecule has 2 aromatic rings. The quantitative estimate of drug-likeness (QED) is 0.717. The molecule has 4 heteroatoms. The molecule has 2 rings (SSSR count). The SMILES string of the molecule is COC(=O)c1cccc(-c2cccnc2)n1. The van der Waals surface area contributed by atoms with E-state index in [9.17, 15) is 4.79 Å². The zero-order valence-electron chi connectivity index (χ0n) is 8.75. The van der Waals surface area contributed by atoms with Crippen LogP contribution in [0.3, 0.4) is 0 Å². The first-order chi connectivity index (χ1) is 7.81. The number of hydrogen-bond acceptors (Lipinski definition) is 4. The number of esters is 1. The first-order valence-electron chi connectivity index (χ1n) is 4.77. The second kappa shape index (κ2) is 4.53. The summed E-state index contributed by atoms with van der Waals surface area (Å²) < 4.78 is 4.61. The molecule has 0 atom stereocenters. The van der Waals surface area contributed by atoms with Gasteiger partial charge in [-0.15, -0.1) is 0 Å². The summed E-state index contributed by atoms with van der Waals surface area (Å²) >= 11 is 0. The third kappa shape index (κ3) is 2.06. The van der Waals surface area contributed by atoms with Gasteiger partial charge in [-0.2, -0.15) is 0 Å². The van der Waals surface area contributed by atoms with Gasteiger partial charge in [-0.25, -0.2) is 9.78 Å². The minimum atomic E-state index is -0.439. The number of hydrogen-bond donors (Lipinski definition) is 0. The van der Waals surface area contributed by atoms with Crippen LogP contribution in [-0.4, -0.2) is 23.0 Å². The molecule has 0 fully saturated rings. The van der Waals surface area contributed by atoms with Gasteiger partial charge in [-0.05, 0) is 24.3 Å². The molecule has 0 aromatic carbocycles. The van der Waals surface area contributed by atoms with Crippen molar-refractivity contribution in [2.24, 2.45) is 0 Å². The highest BCUT2D eigenvalue weighted by atomic mass is 16.5. The second-order valence-corrected chi connectivity index (χ2v) is 3.14. The van der Waals surface area contributed by atoms with Gasteiger partial charge in [0.2, 0.25) is 0 Å². The van der Waals surface area contributed by atoms with E-state index in [-0.39, 0.29) is 0 Å². The molecule has 2 heterocycles. The van der Waals surface area contributed by atoms with Crippen molar-refractivity contribution in [3.63, 3.8) is 0 Å². The molecule has 0 aliphatic rings. The highest BCUT2D eigenvalue weighted by molar-refractivity contribution is 5.87. The Kier molecular flexibility index (Phi) is 2.91. The molecule has 0 aliphatic heterocycles. The van der Waals surface area contributed by atoms with Crippen molar-refractivity contribution in [3.8, 4) is 11.3 Å². The van der Waals surface area contributed by atoms with Gasteiger partial charge >= 0.3 is 5.97 Å². The highest BCUT2D eigenvalue weighted by Gasteiger charge is 2.08. The topological polar surface area (TPSA) is 52.1 Å². The molecule has 16 heavy (non-hydrogen) atoms. The van der Waals surface area contributed by atoms with Gasteiger partial charge in [0.1, 0.15) is 5.69 Å². The van der Waals surface area contributed by atoms with Gasteiger partial charge in [0.15, 0.2) is 0 Å². The van der Waals surface area contributed by atoms with E-state index in [2.05, 4.69) is 14.7 Å². The number of methoxy groups -OCH3 is 1. The standard InChI is InChI=1S/C12H10N2O2/c1-16-12(15)11-6-2-5-10(14-11)9-4-3-7-13-8-9/h2-8H,1H3. The van der Waals surface area contributed by atoms with E-state index in [4.69, 9.17) is 0 Å². The average molecular weight is 214 g/mol. The zero-order chi connectivity index (χ0) is 11.4. The minimum absolute atomic E-state index is 0.295. The monoisotopic (exact) mass is 214 g/mol. The average Bonchev–Trinajstić information content (AvgIpc) is 2.39. The van der Waals surface area contributed by atoms with Crippen LogP contribution in [0, 0.1) is 0 Å². The fourth-order valence-corrected chi connectivity index (χ4v) is 1.33. The minimum Gasteiger partial charge on any atom is -0.464 e. The highest BCUT2D eigenvalue weighted by Crippen LogP contribution is 2.15. The molecule has 80 valence electrons. The van der Waals surface area contributed by atoms with Crippen molar-refractivity contribution in [2.75, 3.05) is 7.11 Å². The summed E-state index contributed by atoms with van der Waals surface area (Å²) in [6, 6.07) is 8.91. The molecule has 0 N–H and O–H groups in total. The molecule has 0 saturated carbocycles. The molecule has 0 spiro atoms. The van der Waals surface area contributed by atoms with Gasteiger partial charge in [-0.3, -0.25) is 4.98 Å². The van der Waals surface area contributed by atoms with Crippen molar-refractivity contribution in [1.82, 2.24) is 9.97 Å².